The molecule has 2 fully saturated rings. The minimum Gasteiger partial charge on any atom is -0.457 e. The summed E-state index contributed by atoms with van der Waals surface area (Å²) in [6.07, 6.45) is 1.79. The average molecular weight is 463 g/mol. The molecule has 2 N–H and O–H groups in total. The SMILES string of the molecule is CNNc1ccc2c(c1)CCC2C(=O)N1CCN2C[C@@H](c3ccc4c(c3)COC4=O)OC[C@@H]2C1. The molecule has 0 saturated carbocycles. The lowest BCUT2D eigenvalue weighted by Crippen LogP contribution is -2.60. The zero-order valence-corrected chi connectivity index (χ0v) is 19.4. The molecule has 34 heavy (non-hydrogen) atoms. The molecule has 2 saturated heterocycles. The number of morpholine rings is 1. The second-order valence-electron chi connectivity index (χ2n) is 9.63. The number of amides is 1. The average Bonchev–Trinajstić information content (AvgIpc) is 3.46. The molecule has 8 heteroatoms. The summed E-state index contributed by atoms with van der Waals surface area (Å²) in [6.45, 7) is 4.06. The van der Waals surface area contributed by atoms with E-state index in [9.17, 15) is 9.59 Å². The summed E-state index contributed by atoms with van der Waals surface area (Å²) in [6, 6.07) is 12.4. The summed E-state index contributed by atoms with van der Waals surface area (Å²) in [5, 5.41) is 0. The molecule has 3 heterocycles. The lowest BCUT2D eigenvalue weighted by molar-refractivity contribution is -0.141. The predicted octanol–water partition coefficient (Wildman–Crippen LogP) is 2.22. The monoisotopic (exact) mass is 462 g/mol. The van der Waals surface area contributed by atoms with Crippen molar-refractivity contribution in [2.45, 2.75) is 37.5 Å². The van der Waals surface area contributed by atoms with Crippen LogP contribution in [-0.2, 0) is 27.3 Å². The lowest BCUT2D eigenvalue weighted by atomic mass is 9.97. The van der Waals surface area contributed by atoms with E-state index in [1.165, 1.54) is 11.1 Å². The van der Waals surface area contributed by atoms with E-state index in [1.807, 2.05) is 36.2 Å². The number of hydrogen-bond acceptors (Lipinski definition) is 7. The van der Waals surface area contributed by atoms with Crippen LogP contribution in [-0.4, -0.2) is 67.6 Å². The molecule has 1 unspecified atom stereocenters. The Balaban J connectivity index is 1.10. The van der Waals surface area contributed by atoms with Gasteiger partial charge in [-0.25, -0.2) is 10.2 Å². The van der Waals surface area contributed by atoms with Crippen molar-refractivity contribution < 1.29 is 19.1 Å². The minimum atomic E-state index is -0.244. The fourth-order valence-electron chi connectivity index (χ4n) is 5.86. The van der Waals surface area contributed by atoms with Gasteiger partial charge in [0.15, 0.2) is 0 Å². The van der Waals surface area contributed by atoms with Crippen molar-refractivity contribution in [2.24, 2.45) is 0 Å². The van der Waals surface area contributed by atoms with E-state index in [1.54, 1.807) is 0 Å². The van der Waals surface area contributed by atoms with Crippen LogP contribution in [0.1, 0.15) is 51.1 Å². The molecular formula is C26H30N4O4. The van der Waals surface area contributed by atoms with Gasteiger partial charge in [-0.15, -0.1) is 0 Å². The molecule has 0 radical (unpaired) electrons. The molecule has 0 spiro atoms. The van der Waals surface area contributed by atoms with Gasteiger partial charge in [0.1, 0.15) is 6.61 Å². The summed E-state index contributed by atoms with van der Waals surface area (Å²) >= 11 is 0. The van der Waals surface area contributed by atoms with Crippen LogP contribution in [0.15, 0.2) is 36.4 Å². The summed E-state index contributed by atoms with van der Waals surface area (Å²) in [4.78, 5) is 29.7. The molecule has 2 aromatic carbocycles. The first kappa shape index (κ1) is 21.6. The van der Waals surface area contributed by atoms with Gasteiger partial charge in [0.25, 0.3) is 0 Å². The second kappa shape index (κ2) is 8.69. The normalized spacial score (nSPS) is 26.0. The maximum absolute atomic E-state index is 13.5. The van der Waals surface area contributed by atoms with Crippen LogP contribution in [0.5, 0.6) is 0 Å². The highest BCUT2D eigenvalue weighted by Gasteiger charge is 2.39. The lowest BCUT2D eigenvalue weighted by Gasteiger charge is -2.46. The van der Waals surface area contributed by atoms with Crippen molar-refractivity contribution in [1.29, 1.82) is 0 Å². The van der Waals surface area contributed by atoms with E-state index < -0.39 is 0 Å². The van der Waals surface area contributed by atoms with Crippen molar-refractivity contribution in [1.82, 2.24) is 15.2 Å². The van der Waals surface area contributed by atoms with Crippen molar-refractivity contribution in [2.75, 3.05) is 45.3 Å². The number of piperazine rings is 1. The molecule has 0 aromatic heterocycles. The zero-order chi connectivity index (χ0) is 23.2. The molecule has 8 nitrogen and oxygen atoms in total. The number of ether oxygens (including phenoxy) is 2. The number of nitrogens with zero attached hydrogens (tertiary/aromatic N) is 2. The number of nitrogens with one attached hydrogen (secondary N) is 2. The molecule has 1 amide bonds. The summed E-state index contributed by atoms with van der Waals surface area (Å²) < 4.78 is 11.4. The van der Waals surface area contributed by atoms with Crippen LogP contribution in [0, 0.1) is 0 Å². The van der Waals surface area contributed by atoms with Crippen molar-refractivity contribution in [3.8, 4) is 0 Å². The van der Waals surface area contributed by atoms with Crippen LogP contribution in [0.4, 0.5) is 5.69 Å². The van der Waals surface area contributed by atoms with Gasteiger partial charge in [-0.05, 0) is 53.8 Å². The number of fused-ring (bicyclic) bond motifs is 3. The number of hydrogen-bond donors (Lipinski definition) is 2. The minimum absolute atomic E-state index is 0.0263. The van der Waals surface area contributed by atoms with Gasteiger partial charge in [-0.1, -0.05) is 12.1 Å². The fourth-order valence-corrected chi connectivity index (χ4v) is 5.86. The maximum Gasteiger partial charge on any atom is 0.338 e. The van der Waals surface area contributed by atoms with Gasteiger partial charge in [-0.2, -0.15) is 0 Å². The first-order valence-electron chi connectivity index (χ1n) is 12.1. The van der Waals surface area contributed by atoms with Crippen LogP contribution < -0.4 is 10.9 Å². The third kappa shape index (κ3) is 3.76. The van der Waals surface area contributed by atoms with Gasteiger partial charge in [-0.3, -0.25) is 9.69 Å². The Morgan fingerprint density at radius 2 is 2.00 bits per heavy atom. The molecule has 3 aliphatic heterocycles. The van der Waals surface area contributed by atoms with Gasteiger partial charge < -0.3 is 19.8 Å². The first-order valence-corrected chi connectivity index (χ1v) is 12.1. The number of anilines is 1. The Morgan fingerprint density at radius 3 is 2.88 bits per heavy atom. The molecule has 4 aliphatic rings. The molecule has 6 rings (SSSR count). The van der Waals surface area contributed by atoms with Crippen LogP contribution in [0.2, 0.25) is 0 Å². The van der Waals surface area contributed by atoms with E-state index >= 15 is 0 Å². The first-order chi connectivity index (χ1) is 16.6. The number of benzene rings is 2. The number of rotatable bonds is 4. The Kier molecular flexibility index (Phi) is 5.51. The van der Waals surface area contributed by atoms with E-state index in [2.05, 4.69) is 27.9 Å². The zero-order valence-electron chi connectivity index (χ0n) is 19.4. The summed E-state index contributed by atoms with van der Waals surface area (Å²) in [7, 11) is 1.85. The van der Waals surface area contributed by atoms with Gasteiger partial charge in [0, 0.05) is 44.5 Å². The van der Waals surface area contributed by atoms with Crippen molar-refractivity contribution in [3.63, 3.8) is 0 Å². The van der Waals surface area contributed by atoms with Crippen LogP contribution in [0.3, 0.4) is 0 Å². The number of carbonyl (C=O) groups is 2. The second-order valence-corrected chi connectivity index (χ2v) is 9.63. The van der Waals surface area contributed by atoms with E-state index in [-0.39, 0.29) is 29.9 Å². The highest BCUT2D eigenvalue weighted by Crippen LogP contribution is 2.37. The largest absolute Gasteiger partial charge is 0.457 e. The van der Waals surface area contributed by atoms with E-state index in [4.69, 9.17) is 9.47 Å². The Labute approximate surface area is 199 Å². The van der Waals surface area contributed by atoms with Crippen molar-refractivity contribution in [3.05, 3.63) is 64.2 Å². The molecular weight excluding hydrogens is 432 g/mol. The molecule has 1 aliphatic carbocycles. The fraction of sp³-hybridized carbons (Fsp3) is 0.462. The highest BCUT2D eigenvalue weighted by atomic mass is 16.5. The quantitative estimate of drug-likeness (QED) is 0.533. The predicted molar refractivity (Wildman–Crippen MR) is 126 cm³/mol. The number of carbonyl (C=O) groups excluding carboxylic acids is 2. The summed E-state index contributed by atoms with van der Waals surface area (Å²) in [5.41, 5.74) is 12.2. The van der Waals surface area contributed by atoms with E-state index in [0.29, 0.717) is 25.3 Å². The highest BCUT2D eigenvalue weighted by molar-refractivity contribution is 5.93. The smallest absolute Gasteiger partial charge is 0.338 e. The number of aryl methyl sites for hydroxylation is 1. The van der Waals surface area contributed by atoms with Crippen molar-refractivity contribution >= 4 is 17.6 Å². The third-order valence-electron chi connectivity index (χ3n) is 7.67. The molecule has 2 aromatic rings. The van der Waals surface area contributed by atoms with Gasteiger partial charge in [0.2, 0.25) is 5.91 Å². The number of esters is 1. The van der Waals surface area contributed by atoms with Gasteiger partial charge >= 0.3 is 5.97 Å². The summed E-state index contributed by atoms with van der Waals surface area (Å²) in [5.74, 6) is -0.0381. The van der Waals surface area contributed by atoms with Crippen LogP contribution >= 0.6 is 0 Å². The molecule has 178 valence electrons. The molecule has 3 atom stereocenters. The Bertz CT molecular complexity index is 1140. The Hall–Kier alpha value is -2.94. The third-order valence-corrected chi connectivity index (χ3v) is 7.67. The molecule has 0 bridgehead atoms. The number of hydrazine groups is 1. The topological polar surface area (TPSA) is 83.1 Å². The Morgan fingerprint density at radius 1 is 1.09 bits per heavy atom. The van der Waals surface area contributed by atoms with Gasteiger partial charge in [0.05, 0.1) is 30.2 Å². The maximum atomic E-state index is 13.5. The number of cyclic esters (lactones) is 1. The standard InChI is InChI=1S/C26H30N4O4/c1-27-28-19-4-7-21-16(11-19)2-6-23(21)25(31)30-9-8-29-13-24(33-15-20(29)12-30)17-3-5-22-18(10-17)14-34-26(22)32/h3-5,7,10-11,20,23-24,27-28H,2,6,8-9,12-15H2,1H3/t20-,23?,24-/m0/s1. The van der Waals surface area contributed by atoms with Crippen LogP contribution in [0.25, 0.3) is 0 Å². The van der Waals surface area contributed by atoms with E-state index in [0.717, 1.165) is 49.3 Å².